The number of hydrogen-bond donors (Lipinski definition) is 1. The summed E-state index contributed by atoms with van der Waals surface area (Å²) in [5.41, 5.74) is 1.97. The van der Waals surface area contributed by atoms with E-state index in [-0.39, 0.29) is 23.2 Å². The first-order valence-corrected chi connectivity index (χ1v) is 14.1. The number of thiazole rings is 1. The van der Waals surface area contributed by atoms with Crippen molar-refractivity contribution in [3.63, 3.8) is 0 Å². The van der Waals surface area contributed by atoms with E-state index >= 15 is 0 Å². The molecule has 0 radical (unpaired) electrons. The molecule has 6 rings (SSSR count). The number of amides is 1. The second-order valence-corrected chi connectivity index (χ2v) is 12.5. The number of rotatable bonds is 5. The Morgan fingerprint density at radius 3 is 2.59 bits per heavy atom. The van der Waals surface area contributed by atoms with Crippen LogP contribution in [0.1, 0.15) is 35.6 Å². The van der Waals surface area contributed by atoms with Crippen LogP contribution < -0.4 is 14.9 Å². The zero-order valence-corrected chi connectivity index (χ0v) is 21.9. The van der Waals surface area contributed by atoms with Gasteiger partial charge in [0.05, 0.1) is 12.1 Å². The lowest BCUT2D eigenvalue weighted by atomic mass is 9.75. The molecule has 0 saturated heterocycles. The van der Waals surface area contributed by atoms with Gasteiger partial charge in [0.2, 0.25) is 5.91 Å². The van der Waals surface area contributed by atoms with E-state index in [4.69, 9.17) is 4.74 Å². The van der Waals surface area contributed by atoms with Crippen molar-refractivity contribution in [3.8, 4) is 5.75 Å². The van der Waals surface area contributed by atoms with Crippen LogP contribution in [0.5, 0.6) is 5.75 Å². The lowest BCUT2D eigenvalue weighted by Crippen LogP contribution is -2.34. The Bertz CT molecular complexity index is 1280. The van der Waals surface area contributed by atoms with Gasteiger partial charge in [-0.2, -0.15) is 0 Å². The van der Waals surface area contributed by atoms with Crippen LogP contribution in [0, 0.1) is 17.8 Å². The maximum Gasteiger partial charge on any atom is 0.308 e. The van der Waals surface area contributed by atoms with E-state index in [1.807, 2.05) is 23.9 Å². The van der Waals surface area contributed by atoms with Gasteiger partial charge < -0.3 is 10.1 Å². The molecule has 2 bridgehead atoms. The third-order valence-electron chi connectivity index (χ3n) is 7.60. The Balaban J connectivity index is 1.33. The van der Waals surface area contributed by atoms with Gasteiger partial charge >= 0.3 is 4.87 Å². The predicted octanol–water partition coefficient (Wildman–Crippen LogP) is 5.97. The highest BCUT2D eigenvalue weighted by Crippen LogP contribution is 2.64. The molecule has 2 heterocycles. The van der Waals surface area contributed by atoms with E-state index in [1.54, 1.807) is 23.8 Å². The SMILES string of the molecule is COc1ccc(NC(=O)Cn2c3c(sc2=O)[C@@H](c2ccc(Br)cc2)[C@@H]2[C@H]4CC[C@@H](C4)[C@H]2S3)cc1. The van der Waals surface area contributed by atoms with Gasteiger partial charge in [-0.05, 0) is 79.0 Å². The number of fused-ring (bicyclic) bond motifs is 6. The van der Waals surface area contributed by atoms with Crippen molar-refractivity contribution in [2.24, 2.45) is 17.8 Å². The highest BCUT2D eigenvalue weighted by Gasteiger charge is 2.55. The summed E-state index contributed by atoms with van der Waals surface area (Å²) in [6.45, 7) is 0.0300. The highest BCUT2D eigenvalue weighted by atomic mass is 79.9. The third-order valence-corrected chi connectivity index (χ3v) is 11.0. The molecule has 3 aliphatic rings. The number of nitrogens with one attached hydrogen (secondary N) is 1. The zero-order valence-electron chi connectivity index (χ0n) is 18.7. The van der Waals surface area contributed by atoms with Gasteiger partial charge in [-0.25, -0.2) is 0 Å². The monoisotopic (exact) mass is 556 g/mol. The Labute approximate surface area is 215 Å². The molecule has 0 unspecified atom stereocenters. The Morgan fingerprint density at radius 1 is 1.12 bits per heavy atom. The summed E-state index contributed by atoms with van der Waals surface area (Å²) in [5.74, 6) is 2.78. The quantitative estimate of drug-likeness (QED) is 0.420. The first-order valence-electron chi connectivity index (χ1n) is 11.6. The van der Waals surface area contributed by atoms with E-state index in [2.05, 4.69) is 45.5 Å². The largest absolute Gasteiger partial charge is 0.497 e. The van der Waals surface area contributed by atoms with Gasteiger partial charge in [-0.1, -0.05) is 39.4 Å². The minimum Gasteiger partial charge on any atom is -0.497 e. The van der Waals surface area contributed by atoms with E-state index in [0.29, 0.717) is 22.8 Å². The van der Waals surface area contributed by atoms with Crippen LogP contribution in [0.25, 0.3) is 0 Å². The van der Waals surface area contributed by atoms with Gasteiger partial charge in [0.1, 0.15) is 12.3 Å². The molecule has 5 nitrogen and oxygen atoms in total. The van der Waals surface area contributed by atoms with Gasteiger partial charge in [0, 0.05) is 26.2 Å². The molecular weight excluding hydrogens is 532 g/mol. The first-order chi connectivity index (χ1) is 16.5. The molecule has 1 aromatic heterocycles. The number of aromatic nitrogens is 1. The van der Waals surface area contributed by atoms with Gasteiger partial charge in [0.25, 0.3) is 0 Å². The van der Waals surface area contributed by atoms with Crippen molar-refractivity contribution in [1.82, 2.24) is 4.57 Å². The number of ether oxygens (including phenoxy) is 1. The smallest absolute Gasteiger partial charge is 0.308 e. The minimum absolute atomic E-state index is 0.0300. The number of halogens is 1. The van der Waals surface area contributed by atoms with Crippen LogP contribution in [-0.2, 0) is 11.3 Å². The molecule has 1 amide bonds. The molecule has 2 aromatic carbocycles. The summed E-state index contributed by atoms with van der Waals surface area (Å²) in [5, 5.41) is 4.44. The number of nitrogens with zero attached hydrogens (tertiary/aromatic N) is 1. The van der Waals surface area contributed by atoms with Gasteiger partial charge in [-0.15, -0.1) is 11.8 Å². The molecule has 0 spiro atoms. The zero-order chi connectivity index (χ0) is 23.4. The second kappa shape index (κ2) is 8.88. The molecule has 3 aromatic rings. The molecule has 2 fully saturated rings. The molecular formula is C26H25BrN2O3S2. The number of thioether (sulfide) groups is 1. The number of methoxy groups -OCH3 is 1. The lowest BCUT2D eigenvalue weighted by Gasteiger charge is -2.40. The summed E-state index contributed by atoms with van der Waals surface area (Å²) >= 11 is 6.75. The van der Waals surface area contributed by atoms with E-state index in [1.165, 1.54) is 36.2 Å². The number of carbonyl (C=O) groups is 1. The molecule has 5 atom stereocenters. The fourth-order valence-electron chi connectivity index (χ4n) is 6.15. The number of anilines is 1. The van der Waals surface area contributed by atoms with Crippen LogP contribution in [0.2, 0.25) is 0 Å². The fourth-order valence-corrected chi connectivity index (χ4v) is 9.56. The van der Waals surface area contributed by atoms with Crippen molar-refractivity contribution in [2.45, 2.75) is 42.0 Å². The van der Waals surface area contributed by atoms with Crippen molar-refractivity contribution in [3.05, 3.63) is 73.1 Å². The summed E-state index contributed by atoms with van der Waals surface area (Å²) in [6, 6.07) is 15.8. The van der Waals surface area contributed by atoms with Crippen molar-refractivity contribution >= 4 is 50.6 Å². The van der Waals surface area contributed by atoms with E-state index in [9.17, 15) is 9.59 Å². The molecule has 2 saturated carbocycles. The average molecular weight is 558 g/mol. The molecule has 1 N–H and O–H groups in total. The second-order valence-electron chi connectivity index (χ2n) is 9.42. The Morgan fingerprint density at radius 2 is 1.85 bits per heavy atom. The van der Waals surface area contributed by atoms with E-state index in [0.717, 1.165) is 26.0 Å². The summed E-state index contributed by atoms with van der Waals surface area (Å²) < 4.78 is 7.95. The summed E-state index contributed by atoms with van der Waals surface area (Å²) in [6.07, 6.45) is 3.88. The van der Waals surface area contributed by atoms with E-state index < -0.39 is 0 Å². The lowest BCUT2D eigenvalue weighted by molar-refractivity contribution is -0.116. The fraction of sp³-hybridized carbons (Fsp3) is 0.385. The van der Waals surface area contributed by atoms with Crippen molar-refractivity contribution in [2.75, 3.05) is 12.4 Å². The van der Waals surface area contributed by atoms with Crippen LogP contribution in [0.15, 0.2) is 62.8 Å². The van der Waals surface area contributed by atoms with Crippen LogP contribution >= 0.6 is 39.0 Å². The average Bonchev–Trinajstić information content (AvgIpc) is 3.53. The number of benzene rings is 2. The summed E-state index contributed by atoms with van der Waals surface area (Å²) in [4.78, 5) is 27.2. The Hall–Kier alpha value is -2.03. The maximum atomic E-state index is 13.2. The minimum atomic E-state index is -0.191. The first kappa shape index (κ1) is 22.4. The van der Waals surface area contributed by atoms with Gasteiger partial charge in [0.15, 0.2) is 0 Å². The molecule has 8 heteroatoms. The summed E-state index contributed by atoms with van der Waals surface area (Å²) in [7, 11) is 1.61. The maximum absolute atomic E-state index is 13.2. The Kier molecular flexibility index (Phi) is 5.86. The van der Waals surface area contributed by atoms with Crippen LogP contribution in [-0.4, -0.2) is 22.8 Å². The molecule has 176 valence electrons. The van der Waals surface area contributed by atoms with Crippen molar-refractivity contribution < 1.29 is 9.53 Å². The predicted molar refractivity (Wildman–Crippen MR) is 140 cm³/mol. The van der Waals surface area contributed by atoms with Crippen molar-refractivity contribution in [1.29, 1.82) is 0 Å². The number of hydrogen-bond acceptors (Lipinski definition) is 5. The topological polar surface area (TPSA) is 60.3 Å². The normalized spacial score (nSPS) is 26.7. The van der Waals surface area contributed by atoms with Crippen LogP contribution in [0.4, 0.5) is 5.69 Å². The number of carbonyl (C=O) groups excluding carboxylic acids is 1. The third kappa shape index (κ3) is 3.84. The van der Waals surface area contributed by atoms with Gasteiger partial charge in [-0.3, -0.25) is 14.2 Å². The molecule has 1 aliphatic heterocycles. The van der Waals surface area contributed by atoms with Crippen LogP contribution in [0.3, 0.4) is 0 Å². The molecule has 34 heavy (non-hydrogen) atoms. The molecule has 2 aliphatic carbocycles. The highest BCUT2D eigenvalue weighted by molar-refractivity contribution is 9.10. The standard InChI is InChI=1S/C26H25BrN2O3S2/c1-32-19-10-8-18(9-11-19)28-20(30)13-29-25-24(34-26(29)31)21(14-4-6-17(27)7-5-14)22-15-2-3-16(12-15)23(22)33-25/h4-11,15-16,21-23H,2-3,12-13H2,1H3,(H,28,30)/t15-,16-,21-,22-,23+/m0/s1.